The van der Waals surface area contributed by atoms with E-state index >= 15 is 0 Å². The molecule has 1 aromatic carbocycles. The molecule has 0 spiro atoms. The predicted octanol–water partition coefficient (Wildman–Crippen LogP) is -0.186. The fourth-order valence-corrected chi connectivity index (χ4v) is 3.65. The van der Waals surface area contributed by atoms with Gasteiger partial charge < -0.3 is 25.0 Å². The summed E-state index contributed by atoms with van der Waals surface area (Å²) in [5.74, 6) is -2.07. The number of carboxylic acid groups (broad SMARTS) is 1. The zero-order chi connectivity index (χ0) is 25.4. The zero-order valence-corrected chi connectivity index (χ0v) is 19.8. The Balaban J connectivity index is 1.67. The molecule has 6 N–H and O–H groups in total. The van der Waals surface area contributed by atoms with Gasteiger partial charge in [0.25, 0.3) is 5.91 Å². The Bertz CT molecular complexity index is 1130. The van der Waals surface area contributed by atoms with Crippen molar-refractivity contribution in [3.8, 4) is 0 Å². The van der Waals surface area contributed by atoms with Gasteiger partial charge in [0.15, 0.2) is 0 Å². The molecule has 3 rings (SSSR count). The maximum absolute atomic E-state index is 13.0. The Kier molecular flexibility index (Phi) is 9.18. The molecule has 1 unspecified atom stereocenters. The number of hydrogen-bond acceptors (Lipinski definition) is 8. The minimum atomic E-state index is -1.41. The molecule has 1 fully saturated rings. The molecule has 1 aliphatic rings. The maximum Gasteiger partial charge on any atom is 0.407 e. The standard InChI is InChI=1S/C23H32N6O6/c1-3-4-9-35-23(34)28-17(21(32)33)12-26-20(31)16-13-29(2)18-10-14(5-6-15(18)19(16)30)11-27-22-24-7-8-25-22/h5-6,10,13,17,22,24-25,27H,3-4,7-9,11-12H2,1-2H3,(H,26,31)(H,28,34)(H,32,33). The largest absolute Gasteiger partial charge is 0.480 e. The molecular formula is C23H32N6O6. The fraction of sp³-hybridized carbons (Fsp3) is 0.478. The van der Waals surface area contributed by atoms with Crippen molar-refractivity contribution in [2.75, 3.05) is 26.2 Å². The Morgan fingerprint density at radius 2 is 2.00 bits per heavy atom. The highest BCUT2D eigenvalue weighted by molar-refractivity contribution is 5.97. The van der Waals surface area contributed by atoms with Gasteiger partial charge in [0.2, 0.25) is 5.43 Å². The minimum absolute atomic E-state index is 0.0305. The number of fused-ring (bicyclic) bond motifs is 1. The molecule has 12 heteroatoms. The van der Waals surface area contributed by atoms with Crippen molar-refractivity contribution >= 4 is 28.9 Å². The molecule has 1 atom stereocenters. The lowest BCUT2D eigenvalue weighted by molar-refractivity contribution is -0.139. The summed E-state index contributed by atoms with van der Waals surface area (Å²) in [6.45, 7) is 4.05. The van der Waals surface area contributed by atoms with Crippen LogP contribution in [0, 0.1) is 0 Å². The Morgan fingerprint density at radius 3 is 2.69 bits per heavy atom. The van der Waals surface area contributed by atoms with Gasteiger partial charge >= 0.3 is 12.1 Å². The van der Waals surface area contributed by atoms with E-state index in [0.717, 1.165) is 25.1 Å². The molecule has 12 nitrogen and oxygen atoms in total. The van der Waals surface area contributed by atoms with Crippen molar-refractivity contribution in [1.82, 2.24) is 31.2 Å². The molecule has 2 aromatic rings. The van der Waals surface area contributed by atoms with E-state index in [1.54, 1.807) is 17.7 Å². The zero-order valence-electron chi connectivity index (χ0n) is 19.8. The Morgan fingerprint density at radius 1 is 1.26 bits per heavy atom. The van der Waals surface area contributed by atoms with Gasteiger partial charge in [-0.25, -0.2) is 9.59 Å². The van der Waals surface area contributed by atoms with Crippen LogP contribution in [0.1, 0.15) is 35.7 Å². The monoisotopic (exact) mass is 488 g/mol. The average molecular weight is 489 g/mol. The highest BCUT2D eigenvalue weighted by Gasteiger charge is 2.23. The van der Waals surface area contributed by atoms with E-state index < -0.39 is 36.0 Å². The Labute approximate surface area is 202 Å². The van der Waals surface area contributed by atoms with E-state index in [2.05, 4.69) is 26.6 Å². The summed E-state index contributed by atoms with van der Waals surface area (Å²) in [4.78, 5) is 48.9. The summed E-state index contributed by atoms with van der Waals surface area (Å²) < 4.78 is 6.58. The number of aryl methyl sites for hydroxylation is 1. The number of alkyl carbamates (subject to hydrolysis) is 1. The molecular weight excluding hydrogens is 456 g/mol. The van der Waals surface area contributed by atoms with E-state index in [9.17, 15) is 24.3 Å². The smallest absolute Gasteiger partial charge is 0.407 e. The van der Waals surface area contributed by atoms with Crippen LogP contribution >= 0.6 is 0 Å². The molecule has 35 heavy (non-hydrogen) atoms. The van der Waals surface area contributed by atoms with E-state index in [0.29, 0.717) is 23.9 Å². The van der Waals surface area contributed by atoms with E-state index in [1.807, 2.05) is 19.1 Å². The van der Waals surface area contributed by atoms with Crippen LogP contribution in [0.5, 0.6) is 0 Å². The third-order valence-corrected chi connectivity index (χ3v) is 5.62. The van der Waals surface area contributed by atoms with Crippen LogP contribution in [-0.4, -0.2) is 66.2 Å². The summed E-state index contributed by atoms with van der Waals surface area (Å²) in [6, 6.07) is 3.97. The number of amides is 2. The second kappa shape index (κ2) is 12.3. The summed E-state index contributed by atoms with van der Waals surface area (Å²) in [6.07, 6.45) is 2.04. The summed E-state index contributed by atoms with van der Waals surface area (Å²) in [7, 11) is 1.73. The van der Waals surface area contributed by atoms with Crippen LogP contribution in [0.15, 0.2) is 29.2 Å². The number of aliphatic carboxylic acids is 1. The van der Waals surface area contributed by atoms with Crippen molar-refractivity contribution < 1.29 is 24.2 Å². The van der Waals surface area contributed by atoms with E-state index in [4.69, 9.17) is 4.74 Å². The van der Waals surface area contributed by atoms with Crippen LogP contribution < -0.4 is 32.0 Å². The SMILES string of the molecule is CCCCOC(=O)NC(CNC(=O)c1cn(C)c2cc(CNC3NCCN3)ccc2c1=O)C(=O)O. The number of nitrogens with one attached hydrogen (secondary N) is 5. The molecule has 0 radical (unpaired) electrons. The van der Waals surface area contributed by atoms with Crippen molar-refractivity contribution in [3.63, 3.8) is 0 Å². The topological polar surface area (TPSA) is 163 Å². The third kappa shape index (κ3) is 7.01. The van der Waals surface area contributed by atoms with Crippen molar-refractivity contribution in [1.29, 1.82) is 0 Å². The molecule has 0 saturated carbocycles. The lowest BCUT2D eigenvalue weighted by Crippen LogP contribution is -2.49. The summed E-state index contributed by atoms with van der Waals surface area (Å²) in [5, 5.41) is 24.2. The number of carbonyl (C=O) groups excluding carboxylic acids is 2. The first-order chi connectivity index (χ1) is 16.8. The number of carbonyl (C=O) groups is 3. The number of pyridine rings is 1. The lowest BCUT2D eigenvalue weighted by atomic mass is 10.1. The van der Waals surface area contributed by atoms with Gasteiger partial charge in [0.05, 0.1) is 12.1 Å². The summed E-state index contributed by atoms with van der Waals surface area (Å²) in [5.41, 5.74) is 1.05. The first-order valence-electron chi connectivity index (χ1n) is 11.6. The average Bonchev–Trinajstić information content (AvgIpc) is 3.36. The maximum atomic E-state index is 13.0. The molecule has 1 saturated heterocycles. The van der Waals surface area contributed by atoms with Crippen LogP contribution in [0.3, 0.4) is 0 Å². The Hall–Kier alpha value is -3.48. The second-order valence-electron chi connectivity index (χ2n) is 8.29. The van der Waals surface area contributed by atoms with Crippen LogP contribution in [0.4, 0.5) is 4.79 Å². The second-order valence-corrected chi connectivity index (χ2v) is 8.29. The fourth-order valence-electron chi connectivity index (χ4n) is 3.65. The molecule has 0 aliphatic carbocycles. The lowest BCUT2D eigenvalue weighted by Gasteiger charge is -2.16. The van der Waals surface area contributed by atoms with Gasteiger partial charge in [-0.2, -0.15) is 0 Å². The number of aromatic nitrogens is 1. The molecule has 1 aromatic heterocycles. The first kappa shape index (κ1) is 26.1. The van der Waals surface area contributed by atoms with Gasteiger partial charge in [0.1, 0.15) is 17.9 Å². The molecule has 2 amide bonds. The number of hydrogen-bond donors (Lipinski definition) is 6. The quantitative estimate of drug-likeness (QED) is 0.235. The predicted molar refractivity (Wildman–Crippen MR) is 129 cm³/mol. The van der Waals surface area contributed by atoms with Crippen LogP contribution in [0.2, 0.25) is 0 Å². The van der Waals surface area contributed by atoms with Crippen LogP contribution in [0.25, 0.3) is 10.9 Å². The van der Waals surface area contributed by atoms with Gasteiger partial charge in [0, 0.05) is 44.8 Å². The van der Waals surface area contributed by atoms with Crippen molar-refractivity contribution in [2.24, 2.45) is 7.05 Å². The minimum Gasteiger partial charge on any atom is -0.480 e. The third-order valence-electron chi connectivity index (χ3n) is 5.62. The summed E-state index contributed by atoms with van der Waals surface area (Å²) >= 11 is 0. The van der Waals surface area contributed by atoms with Gasteiger partial charge in [-0.15, -0.1) is 0 Å². The van der Waals surface area contributed by atoms with Crippen molar-refractivity contribution in [2.45, 2.75) is 38.6 Å². The number of benzene rings is 1. The number of nitrogens with zero attached hydrogens (tertiary/aromatic N) is 1. The normalized spacial score (nSPS) is 14.6. The van der Waals surface area contributed by atoms with Gasteiger partial charge in [-0.3, -0.25) is 25.5 Å². The number of unbranched alkanes of at least 4 members (excludes halogenated alkanes) is 1. The molecule has 190 valence electrons. The first-order valence-corrected chi connectivity index (χ1v) is 11.6. The molecule has 0 bridgehead atoms. The number of carboxylic acids is 1. The number of rotatable bonds is 11. The van der Waals surface area contributed by atoms with E-state index in [-0.39, 0.29) is 18.5 Å². The van der Waals surface area contributed by atoms with Gasteiger partial charge in [-0.05, 0) is 24.1 Å². The highest BCUT2D eigenvalue weighted by Crippen LogP contribution is 2.14. The van der Waals surface area contributed by atoms with Crippen LogP contribution in [-0.2, 0) is 23.1 Å². The highest BCUT2D eigenvalue weighted by atomic mass is 16.5. The van der Waals surface area contributed by atoms with Crippen molar-refractivity contribution in [3.05, 3.63) is 45.7 Å². The van der Waals surface area contributed by atoms with E-state index in [1.165, 1.54) is 6.20 Å². The number of ether oxygens (including phenoxy) is 1. The van der Waals surface area contributed by atoms with Gasteiger partial charge in [-0.1, -0.05) is 19.4 Å². The molecule has 2 heterocycles. The molecule has 1 aliphatic heterocycles.